The topological polar surface area (TPSA) is 120 Å². The SMILES string of the molecule is Cc1cc(C)c(NC(=O)Nc2cc3ccccc3nc2C(=O)NC(C(=O)O)C2CCCCC2)c(C)c1. The van der Waals surface area contributed by atoms with E-state index in [-0.39, 0.29) is 17.3 Å². The first-order chi connectivity index (χ1) is 17.2. The molecule has 2 aromatic carbocycles. The van der Waals surface area contributed by atoms with Gasteiger partial charge in [0, 0.05) is 11.1 Å². The van der Waals surface area contributed by atoms with E-state index in [1.165, 1.54) is 0 Å². The van der Waals surface area contributed by atoms with Gasteiger partial charge < -0.3 is 21.1 Å². The summed E-state index contributed by atoms with van der Waals surface area (Å²) in [5.74, 6) is -1.82. The zero-order valence-electron chi connectivity index (χ0n) is 20.9. The number of amides is 3. The fraction of sp³-hybridized carbons (Fsp3) is 0.357. The summed E-state index contributed by atoms with van der Waals surface area (Å²) in [5, 5.41) is 18.9. The van der Waals surface area contributed by atoms with Gasteiger partial charge in [0.05, 0.1) is 11.2 Å². The molecule has 3 aromatic rings. The Balaban J connectivity index is 1.63. The third-order valence-corrected chi connectivity index (χ3v) is 6.78. The number of nitrogens with zero attached hydrogens (tertiary/aromatic N) is 1. The van der Waals surface area contributed by atoms with Gasteiger partial charge in [0.1, 0.15) is 6.04 Å². The first-order valence-electron chi connectivity index (χ1n) is 12.3. The van der Waals surface area contributed by atoms with Crippen LogP contribution in [0.4, 0.5) is 16.2 Å². The molecule has 8 nitrogen and oxygen atoms in total. The van der Waals surface area contributed by atoms with Crippen molar-refractivity contribution in [1.29, 1.82) is 0 Å². The molecule has 0 spiro atoms. The molecule has 188 valence electrons. The number of urea groups is 1. The van der Waals surface area contributed by atoms with Crippen LogP contribution in [0.5, 0.6) is 0 Å². The summed E-state index contributed by atoms with van der Waals surface area (Å²) >= 11 is 0. The molecule has 0 aliphatic heterocycles. The second kappa shape index (κ2) is 10.8. The zero-order valence-corrected chi connectivity index (χ0v) is 20.9. The van der Waals surface area contributed by atoms with Gasteiger partial charge in [-0.3, -0.25) is 4.79 Å². The molecular weight excluding hydrogens is 456 g/mol. The molecule has 0 saturated heterocycles. The molecule has 8 heteroatoms. The van der Waals surface area contributed by atoms with Gasteiger partial charge in [-0.1, -0.05) is 55.2 Å². The van der Waals surface area contributed by atoms with E-state index in [9.17, 15) is 19.5 Å². The summed E-state index contributed by atoms with van der Waals surface area (Å²) in [7, 11) is 0. The van der Waals surface area contributed by atoms with Crippen LogP contribution in [0.25, 0.3) is 10.9 Å². The fourth-order valence-electron chi connectivity index (χ4n) is 5.09. The smallest absolute Gasteiger partial charge is 0.326 e. The average molecular weight is 489 g/mol. The first kappa shape index (κ1) is 25.2. The van der Waals surface area contributed by atoms with E-state index in [0.717, 1.165) is 54.2 Å². The summed E-state index contributed by atoms with van der Waals surface area (Å²) in [6.07, 6.45) is 4.48. The maximum absolute atomic E-state index is 13.3. The summed E-state index contributed by atoms with van der Waals surface area (Å²) in [6.45, 7) is 5.83. The van der Waals surface area contributed by atoms with Gasteiger partial charge in [0.15, 0.2) is 5.69 Å². The van der Waals surface area contributed by atoms with Crippen molar-refractivity contribution in [2.24, 2.45) is 5.92 Å². The fourth-order valence-corrected chi connectivity index (χ4v) is 5.09. The number of carboxylic acid groups (broad SMARTS) is 1. The van der Waals surface area contributed by atoms with Crippen molar-refractivity contribution in [3.63, 3.8) is 0 Å². The van der Waals surface area contributed by atoms with Crippen molar-refractivity contribution in [1.82, 2.24) is 10.3 Å². The molecule has 1 aromatic heterocycles. The number of anilines is 2. The lowest BCUT2D eigenvalue weighted by Crippen LogP contribution is -2.47. The molecule has 4 N–H and O–H groups in total. The number of carbonyl (C=O) groups is 3. The Morgan fingerprint density at radius 3 is 2.28 bits per heavy atom. The molecule has 1 heterocycles. The number of aromatic nitrogens is 1. The lowest BCUT2D eigenvalue weighted by molar-refractivity contribution is -0.141. The Hall–Kier alpha value is -3.94. The van der Waals surface area contributed by atoms with E-state index in [4.69, 9.17) is 0 Å². The van der Waals surface area contributed by atoms with Crippen LogP contribution in [0.2, 0.25) is 0 Å². The van der Waals surface area contributed by atoms with E-state index in [1.807, 2.05) is 51.1 Å². The number of aliphatic carboxylic acids is 1. The third kappa shape index (κ3) is 5.64. The number of aryl methyl sites for hydroxylation is 3. The van der Waals surface area contributed by atoms with Gasteiger partial charge in [-0.2, -0.15) is 0 Å². The summed E-state index contributed by atoms with van der Waals surface area (Å²) in [5.41, 5.74) is 4.40. The lowest BCUT2D eigenvalue weighted by atomic mass is 9.84. The molecule has 1 atom stereocenters. The number of hydrogen-bond donors (Lipinski definition) is 4. The van der Waals surface area contributed by atoms with E-state index < -0.39 is 23.9 Å². The van der Waals surface area contributed by atoms with Crippen molar-refractivity contribution < 1.29 is 19.5 Å². The van der Waals surface area contributed by atoms with Gasteiger partial charge in [-0.25, -0.2) is 14.6 Å². The van der Waals surface area contributed by atoms with Crippen molar-refractivity contribution in [2.45, 2.75) is 58.9 Å². The van der Waals surface area contributed by atoms with Crippen LogP contribution >= 0.6 is 0 Å². The van der Waals surface area contributed by atoms with E-state index in [1.54, 1.807) is 12.1 Å². The minimum absolute atomic E-state index is 0.0248. The van der Waals surface area contributed by atoms with Gasteiger partial charge in [0.2, 0.25) is 0 Å². The molecule has 0 bridgehead atoms. The quantitative estimate of drug-likeness (QED) is 0.362. The zero-order chi connectivity index (χ0) is 25.8. The van der Waals surface area contributed by atoms with Crippen LogP contribution in [-0.4, -0.2) is 34.0 Å². The molecule has 1 aliphatic rings. The molecule has 1 saturated carbocycles. The monoisotopic (exact) mass is 488 g/mol. The third-order valence-electron chi connectivity index (χ3n) is 6.78. The summed E-state index contributed by atoms with van der Waals surface area (Å²) in [4.78, 5) is 42.8. The molecule has 3 amide bonds. The number of fused-ring (bicyclic) bond motifs is 1. The Morgan fingerprint density at radius 1 is 0.944 bits per heavy atom. The van der Waals surface area contributed by atoms with Crippen molar-refractivity contribution >= 4 is 40.2 Å². The Kier molecular flexibility index (Phi) is 7.52. The molecule has 1 unspecified atom stereocenters. The standard InChI is InChI=1S/C28H32N4O4/c1-16-13-17(2)23(18(3)14-16)32-28(36)30-22-15-20-11-7-8-12-21(20)29-25(22)26(33)31-24(27(34)35)19-9-5-4-6-10-19/h7-8,11-15,19,24H,4-6,9-10H2,1-3H3,(H,31,33)(H,34,35)(H2,30,32,36). The Labute approximate surface area is 210 Å². The molecule has 4 rings (SSSR count). The second-order valence-electron chi connectivity index (χ2n) is 9.62. The van der Waals surface area contributed by atoms with Crippen LogP contribution in [0, 0.1) is 26.7 Å². The number of hydrogen-bond acceptors (Lipinski definition) is 4. The number of carbonyl (C=O) groups excluding carboxylic acids is 2. The molecular formula is C28H32N4O4. The van der Waals surface area contributed by atoms with Gasteiger partial charge >= 0.3 is 12.0 Å². The second-order valence-corrected chi connectivity index (χ2v) is 9.62. The average Bonchev–Trinajstić information content (AvgIpc) is 2.84. The predicted molar refractivity (Wildman–Crippen MR) is 141 cm³/mol. The van der Waals surface area contributed by atoms with Crippen LogP contribution < -0.4 is 16.0 Å². The Morgan fingerprint density at radius 2 is 1.61 bits per heavy atom. The van der Waals surface area contributed by atoms with Gasteiger partial charge in [-0.05, 0) is 62.8 Å². The minimum Gasteiger partial charge on any atom is -0.480 e. The summed E-state index contributed by atoms with van der Waals surface area (Å²) in [6, 6.07) is 11.4. The van der Waals surface area contributed by atoms with Gasteiger partial charge in [0.25, 0.3) is 5.91 Å². The molecule has 1 fully saturated rings. The van der Waals surface area contributed by atoms with Crippen LogP contribution in [0.15, 0.2) is 42.5 Å². The molecule has 1 aliphatic carbocycles. The van der Waals surface area contributed by atoms with E-state index in [2.05, 4.69) is 20.9 Å². The van der Waals surface area contributed by atoms with Crippen LogP contribution in [-0.2, 0) is 4.79 Å². The minimum atomic E-state index is -1.06. The van der Waals surface area contributed by atoms with Crippen molar-refractivity contribution in [3.8, 4) is 0 Å². The number of rotatable bonds is 6. The largest absolute Gasteiger partial charge is 0.480 e. The maximum atomic E-state index is 13.3. The number of nitrogens with one attached hydrogen (secondary N) is 3. The number of carboxylic acids is 1. The highest BCUT2D eigenvalue weighted by atomic mass is 16.4. The highest BCUT2D eigenvalue weighted by Gasteiger charge is 2.32. The first-order valence-corrected chi connectivity index (χ1v) is 12.3. The molecule has 0 radical (unpaired) electrons. The van der Waals surface area contributed by atoms with E-state index in [0.29, 0.717) is 11.2 Å². The number of pyridine rings is 1. The normalized spacial score (nSPS) is 14.8. The van der Waals surface area contributed by atoms with Crippen molar-refractivity contribution in [3.05, 3.63) is 64.8 Å². The maximum Gasteiger partial charge on any atom is 0.326 e. The molecule has 36 heavy (non-hydrogen) atoms. The van der Waals surface area contributed by atoms with E-state index >= 15 is 0 Å². The highest BCUT2D eigenvalue weighted by molar-refractivity contribution is 6.08. The van der Waals surface area contributed by atoms with Crippen molar-refractivity contribution in [2.75, 3.05) is 10.6 Å². The lowest BCUT2D eigenvalue weighted by Gasteiger charge is -2.28. The Bertz CT molecular complexity index is 1290. The van der Waals surface area contributed by atoms with Gasteiger partial charge in [-0.15, -0.1) is 0 Å². The number of para-hydroxylation sites is 1. The number of benzene rings is 2. The van der Waals surface area contributed by atoms with Crippen LogP contribution in [0.3, 0.4) is 0 Å². The summed E-state index contributed by atoms with van der Waals surface area (Å²) < 4.78 is 0. The van der Waals surface area contributed by atoms with Crippen LogP contribution in [0.1, 0.15) is 59.3 Å². The highest BCUT2D eigenvalue weighted by Crippen LogP contribution is 2.28. The predicted octanol–water partition coefficient (Wildman–Crippen LogP) is 5.57.